The molecule has 0 unspecified atom stereocenters. The fraction of sp³-hybridized carbons (Fsp3) is 0.727. The van der Waals surface area contributed by atoms with Crippen molar-refractivity contribution in [3.8, 4) is 0 Å². The van der Waals surface area contributed by atoms with Gasteiger partial charge in [-0.25, -0.2) is 4.98 Å². The third-order valence-corrected chi connectivity index (χ3v) is 3.17. The Hall–Kier alpha value is -1.35. The van der Waals surface area contributed by atoms with Crippen molar-refractivity contribution in [3.05, 3.63) is 11.6 Å². The molecule has 0 radical (unpaired) electrons. The summed E-state index contributed by atoms with van der Waals surface area (Å²) < 4.78 is 36.8. The Morgan fingerprint density at radius 2 is 2.00 bits per heavy atom. The van der Waals surface area contributed by atoms with Crippen LogP contribution in [0.3, 0.4) is 0 Å². The Labute approximate surface area is 125 Å². The summed E-state index contributed by atoms with van der Waals surface area (Å²) in [6.07, 6.45) is -2.31. The van der Waals surface area contributed by atoms with Crippen LogP contribution < -0.4 is 10.6 Å². The van der Waals surface area contributed by atoms with Crippen molar-refractivity contribution in [1.82, 2.24) is 25.8 Å². The number of aromatic amines is 1. The molecule has 6 nitrogen and oxygen atoms in total. The first kappa shape index (κ1) is 17.7. The molecule has 120 valence electrons. The second-order valence-electron chi connectivity index (χ2n) is 4.78. The van der Waals surface area contributed by atoms with E-state index in [1.54, 1.807) is 0 Å². The van der Waals surface area contributed by atoms with Crippen LogP contribution in [-0.4, -0.2) is 34.2 Å². The number of hydrogen-bond donors (Lipinski definition) is 3. The molecule has 0 atom stereocenters. The minimum atomic E-state index is -4.58. The van der Waals surface area contributed by atoms with E-state index in [0.29, 0.717) is 12.3 Å². The van der Waals surface area contributed by atoms with Gasteiger partial charge in [-0.1, -0.05) is 0 Å². The van der Waals surface area contributed by atoms with Gasteiger partial charge >= 0.3 is 6.18 Å². The van der Waals surface area contributed by atoms with Crippen LogP contribution in [0.15, 0.2) is 0 Å². The van der Waals surface area contributed by atoms with E-state index in [1.165, 1.54) is 0 Å². The van der Waals surface area contributed by atoms with E-state index < -0.39 is 12.0 Å². The normalized spacial score (nSPS) is 16.3. The molecule has 0 spiro atoms. The van der Waals surface area contributed by atoms with Crippen LogP contribution in [-0.2, 0) is 17.5 Å². The van der Waals surface area contributed by atoms with Gasteiger partial charge < -0.3 is 10.6 Å². The number of carbonyl (C=O) groups is 1. The van der Waals surface area contributed by atoms with E-state index in [2.05, 4.69) is 25.8 Å². The standard InChI is InChI=1S/C11H16F3N5O.ClH/c12-11(13,14)10-17-8(18-19-10)6-16-9(20)5-7-1-3-15-4-2-7;/h7,15H,1-6H2,(H,16,20)(H,17,18,19);1H. The van der Waals surface area contributed by atoms with E-state index in [-0.39, 0.29) is 30.7 Å². The topological polar surface area (TPSA) is 82.7 Å². The number of H-pyrrole nitrogens is 1. The van der Waals surface area contributed by atoms with Gasteiger partial charge in [0.15, 0.2) is 0 Å². The summed E-state index contributed by atoms with van der Waals surface area (Å²) in [6, 6.07) is 0. The lowest BCUT2D eigenvalue weighted by Gasteiger charge is -2.21. The minimum absolute atomic E-state index is 0. The molecular formula is C11H17ClF3N5O. The van der Waals surface area contributed by atoms with Crippen molar-refractivity contribution in [2.75, 3.05) is 13.1 Å². The van der Waals surface area contributed by atoms with Crippen molar-refractivity contribution >= 4 is 18.3 Å². The molecule has 2 rings (SSSR count). The van der Waals surface area contributed by atoms with Crippen LogP contribution >= 0.6 is 12.4 Å². The lowest BCUT2D eigenvalue weighted by molar-refractivity contribution is -0.144. The number of aromatic nitrogens is 3. The monoisotopic (exact) mass is 327 g/mol. The van der Waals surface area contributed by atoms with Gasteiger partial charge in [0.2, 0.25) is 5.91 Å². The highest BCUT2D eigenvalue weighted by atomic mass is 35.5. The summed E-state index contributed by atoms with van der Waals surface area (Å²) in [5.74, 6) is -1.07. The predicted octanol–water partition coefficient (Wildman–Crippen LogP) is 1.25. The van der Waals surface area contributed by atoms with Gasteiger partial charge in [-0.15, -0.1) is 17.5 Å². The maximum absolute atomic E-state index is 12.3. The molecule has 1 amide bonds. The van der Waals surface area contributed by atoms with E-state index in [1.807, 2.05) is 0 Å². The average Bonchev–Trinajstić information content (AvgIpc) is 2.86. The van der Waals surface area contributed by atoms with Crippen molar-refractivity contribution in [2.45, 2.75) is 32.0 Å². The highest BCUT2D eigenvalue weighted by molar-refractivity contribution is 5.85. The molecule has 0 bridgehead atoms. The molecule has 21 heavy (non-hydrogen) atoms. The number of carbonyl (C=O) groups excluding carboxylic acids is 1. The highest BCUT2D eigenvalue weighted by Gasteiger charge is 2.36. The predicted molar refractivity (Wildman–Crippen MR) is 70.7 cm³/mol. The van der Waals surface area contributed by atoms with Crippen LogP contribution in [0.1, 0.15) is 30.9 Å². The summed E-state index contributed by atoms with van der Waals surface area (Å²) in [5, 5.41) is 11.0. The first-order chi connectivity index (χ1) is 9.45. The van der Waals surface area contributed by atoms with Crippen LogP contribution in [0.25, 0.3) is 0 Å². The summed E-state index contributed by atoms with van der Waals surface area (Å²) >= 11 is 0. The zero-order chi connectivity index (χ0) is 14.6. The highest BCUT2D eigenvalue weighted by Crippen LogP contribution is 2.25. The van der Waals surface area contributed by atoms with Gasteiger partial charge in [0.25, 0.3) is 5.82 Å². The number of hydrogen-bond acceptors (Lipinski definition) is 4. The Bertz CT molecular complexity index is 459. The molecule has 1 aliphatic heterocycles. The minimum Gasteiger partial charge on any atom is -0.349 e. The number of nitrogens with zero attached hydrogens (tertiary/aromatic N) is 2. The Morgan fingerprint density at radius 3 is 2.57 bits per heavy atom. The number of rotatable bonds is 4. The molecule has 1 fully saturated rings. The molecule has 2 heterocycles. The average molecular weight is 328 g/mol. The Morgan fingerprint density at radius 1 is 1.33 bits per heavy atom. The lowest BCUT2D eigenvalue weighted by Crippen LogP contribution is -2.32. The van der Waals surface area contributed by atoms with Gasteiger partial charge in [-0.05, 0) is 31.8 Å². The molecule has 10 heteroatoms. The smallest absolute Gasteiger partial charge is 0.349 e. The quantitative estimate of drug-likeness (QED) is 0.777. The second kappa shape index (κ2) is 7.60. The number of alkyl halides is 3. The van der Waals surface area contributed by atoms with Crippen LogP contribution in [0.4, 0.5) is 13.2 Å². The zero-order valence-corrected chi connectivity index (χ0v) is 12.0. The van der Waals surface area contributed by atoms with Gasteiger partial charge in [0.05, 0.1) is 6.54 Å². The van der Waals surface area contributed by atoms with Gasteiger partial charge in [0, 0.05) is 6.42 Å². The second-order valence-corrected chi connectivity index (χ2v) is 4.78. The maximum Gasteiger partial charge on any atom is 0.453 e. The number of halogens is 4. The summed E-state index contributed by atoms with van der Waals surface area (Å²) in [6.45, 7) is 1.72. The van der Waals surface area contributed by atoms with Crippen LogP contribution in [0.5, 0.6) is 0 Å². The fourth-order valence-electron chi connectivity index (χ4n) is 2.10. The molecule has 0 aliphatic carbocycles. The van der Waals surface area contributed by atoms with Crippen molar-refractivity contribution in [2.24, 2.45) is 5.92 Å². The summed E-state index contributed by atoms with van der Waals surface area (Å²) in [7, 11) is 0. The van der Waals surface area contributed by atoms with E-state index in [9.17, 15) is 18.0 Å². The molecule has 1 aromatic rings. The van der Waals surface area contributed by atoms with E-state index in [4.69, 9.17) is 0 Å². The van der Waals surface area contributed by atoms with Gasteiger partial charge in [-0.3, -0.25) is 9.89 Å². The molecule has 1 aliphatic rings. The van der Waals surface area contributed by atoms with Crippen LogP contribution in [0.2, 0.25) is 0 Å². The number of amides is 1. The van der Waals surface area contributed by atoms with Crippen molar-refractivity contribution < 1.29 is 18.0 Å². The molecular weight excluding hydrogens is 311 g/mol. The first-order valence-electron chi connectivity index (χ1n) is 6.41. The Kier molecular flexibility index (Phi) is 6.41. The van der Waals surface area contributed by atoms with Gasteiger partial charge in [0.1, 0.15) is 5.82 Å². The molecule has 1 aromatic heterocycles. The SMILES string of the molecule is Cl.O=C(CC1CCNCC1)NCc1nc(C(F)(F)F)n[nH]1. The van der Waals surface area contributed by atoms with Gasteiger partial charge in [-0.2, -0.15) is 13.2 Å². The fourth-order valence-corrected chi connectivity index (χ4v) is 2.10. The molecule has 0 aromatic carbocycles. The number of nitrogens with one attached hydrogen (secondary N) is 3. The first-order valence-corrected chi connectivity index (χ1v) is 6.41. The largest absolute Gasteiger partial charge is 0.453 e. The lowest BCUT2D eigenvalue weighted by atomic mass is 9.94. The van der Waals surface area contributed by atoms with Crippen molar-refractivity contribution in [1.29, 1.82) is 0 Å². The third-order valence-electron chi connectivity index (χ3n) is 3.17. The summed E-state index contributed by atoms with van der Waals surface area (Å²) in [5.41, 5.74) is 0. The number of piperidine rings is 1. The summed E-state index contributed by atoms with van der Waals surface area (Å²) in [4.78, 5) is 15.0. The third kappa shape index (κ3) is 5.50. The Balaban J connectivity index is 0.00000220. The zero-order valence-electron chi connectivity index (χ0n) is 11.2. The molecule has 3 N–H and O–H groups in total. The molecule has 0 saturated carbocycles. The van der Waals surface area contributed by atoms with E-state index in [0.717, 1.165) is 25.9 Å². The van der Waals surface area contributed by atoms with E-state index >= 15 is 0 Å². The van der Waals surface area contributed by atoms with Crippen LogP contribution in [0, 0.1) is 5.92 Å². The van der Waals surface area contributed by atoms with Crippen molar-refractivity contribution in [3.63, 3.8) is 0 Å². The maximum atomic E-state index is 12.3. The molecule has 1 saturated heterocycles.